The van der Waals surface area contributed by atoms with E-state index in [2.05, 4.69) is 21.8 Å². The van der Waals surface area contributed by atoms with Crippen molar-refractivity contribution in [2.75, 3.05) is 17.3 Å². The molecule has 0 bridgehead atoms. The number of hydrogen-bond donors (Lipinski definition) is 1. The summed E-state index contributed by atoms with van der Waals surface area (Å²) in [5, 5.41) is 3.58. The molecule has 1 fully saturated rings. The number of aromatic nitrogens is 2. The Hall–Kier alpha value is -0.820. The molecular weight excluding hydrogens is 330 g/mol. The smallest absolute Gasteiger partial charge is 0.408 e. The third kappa shape index (κ3) is 5.95. The summed E-state index contributed by atoms with van der Waals surface area (Å²) >= 11 is 4.05. The maximum atomic E-state index is 12.1. The first kappa shape index (κ1) is 18.5. The van der Waals surface area contributed by atoms with Gasteiger partial charge in [-0.3, -0.25) is 0 Å². The largest absolute Gasteiger partial charge is 0.444 e. The van der Waals surface area contributed by atoms with Gasteiger partial charge in [-0.2, -0.15) is 23.5 Å². The summed E-state index contributed by atoms with van der Waals surface area (Å²) in [6.07, 6.45) is 4.15. The molecule has 0 radical (unpaired) electrons. The first-order valence-corrected chi connectivity index (χ1v) is 10.3. The molecule has 1 unspecified atom stereocenters. The molecule has 23 heavy (non-hydrogen) atoms. The van der Waals surface area contributed by atoms with Crippen LogP contribution >= 0.6 is 23.5 Å². The number of nitrogens with one attached hydrogen (secondary N) is 1. The Kier molecular flexibility index (Phi) is 6.71. The van der Waals surface area contributed by atoms with E-state index in [4.69, 9.17) is 4.74 Å². The highest BCUT2D eigenvalue weighted by molar-refractivity contribution is 8.06. The maximum absolute atomic E-state index is 12.1. The molecule has 1 aliphatic heterocycles. The molecule has 0 saturated carbocycles. The molecular formula is C16H27N3O2S2. The third-order valence-corrected chi connectivity index (χ3v) is 6.31. The standard InChI is InChI=1S/C16H27N3O2S2/c1-5-13(18-15(20)21-16(2,3)4)14-8-17-11-19(14)9-12-10-22-6-7-23-12/h8,11-13H,5-7,9-10H2,1-4H3,(H,18,20)/t12?,13-/m1/s1. The molecule has 1 saturated heterocycles. The summed E-state index contributed by atoms with van der Waals surface area (Å²) in [6, 6.07) is -0.0754. The minimum Gasteiger partial charge on any atom is -0.444 e. The van der Waals surface area contributed by atoms with Gasteiger partial charge in [0.25, 0.3) is 0 Å². The number of amides is 1. The van der Waals surface area contributed by atoms with Gasteiger partial charge in [0.2, 0.25) is 0 Å². The lowest BCUT2D eigenvalue weighted by Crippen LogP contribution is -2.35. The van der Waals surface area contributed by atoms with E-state index in [-0.39, 0.29) is 12.1 Å². The van der Waals surface area contributed by atoms with E-state index < -0.39 is 5.60 Å². The van der Waals surface area contributed by atoms with Crippen LogP contribution in [0.1, 0.15) is 45.9 Å². The van der Waals surface area contributed by atoms with Gasteiger partial charge in [-0.15, -0.1) is 0 Å². The fraction of sp³-hybridized carbons (Fsp3) is 0.750. The van der Waals surface area contributed by atoms with Crippen molar-refractivity contribution in [3.63, 3.8) is 0 Å². The summed E-state index contributed by atoms with van der Waals surface area (Å²) in [7, 11) is 0. The first-order chi connectivity index (χ1) is 10.9. The number of rotatable bonds is 5. The van der Waals surface area contributed by atoms with Crippen molar-refractivity contribution in [2.24, 2.45) is 0 Å². The van der Waals surface area contributed by atoms with Gasteiger partial charge in [-0.1, -0.05) is 6.92 Å². The van der Waals surface area contributed by atoms with Crippen LogP contribution in [0.25, 0.3) is 0 Å². The molecule has 1 N–H and O–H groups in total. The van der Waals surface area contributed by atoms with Crippen LogP contribution in [0.3, 0.4) is 0 Å². The van der Waals surface area contributed by atoms with Gasteiger partial charge in [-0.25, -0.2) is 9.78 Å². The second-order valence-electron chi connectivity index (χ2n) is 6.65. The lowest BCUT2D eigenvalue weighted by molar-refractivity contribution is 0.0500. The van der Waals surface area contributed by atoms with Gasteiger partial charge in [0, 0.05) is 29.1 Å². The van der Waals surface area contributed by atoms with Crippen molar-refractivity contribution >= 4 is 29.6 Å². The minimum absolute atomic E-state index is 0.0754. The van der Waals surface area contributed by atoms with Crippen LogP contribution in [-0.2, 0) is 11.3 Å². The Morgan fingerprint density at radius 1 is 1.52 bits per heavy atom. The Balaban J connectivity index is 2.00. The van der Waals surface area contributed by atoms with Crippen molar-refractivity contribution in [1.29, 1.82) is 0 Å². The molecule has 1 aromatic heterocycles. The van der Waals surface area contributed by atoms with E-state index >= 15 is 0 Å². The summed E-state index contributed by atoms with van der Waals surface area (Å²) in [5.74, 6) is 3.64. The topological polar surface area (TPSA) is 56.1 Å². The van der Waals surface area contributed by atoms with Gasteiger partial charge in [-0.05, 0) is 27.2 Å². The third-order valence-electron chi connectivity index (χ3n) is 3.49. The molecule has 1 aliphatic rings. The van der Waals surface area contributed by atoms with Gasteiger partial charge in [0.05, 0.1) is 24.3 Å². The highest BCUT2D eigenvalue weighted by atomic mass is 32.2. The van der Waals surface area contributed by atoms with Crippen LogP contribution in [0.15, 0.2) is 12.5 Å². The molecule has 2 heterocycles. The average molecular weight is 358 g/mol. The zero-order chi connectivity index (χ0) is 16.9. The van der Waals surface area contributed by atoms with Gasteiger partial charge < -0.3 is 14.6 Å². The van der Waals surface area contributed by atoms with Crippen molar-refractivity contribution < 1.29 is 9.53 Å². The van der Waals surface area contributed by atoms with Crippen LogP contribution in [-0.4, -0.2) is 43.8 Å². The minimum atomic E-state index is -0.488. The highest BCUT2D eigenvalue weighted by Gasteiger charge is 2.23. The Bertz CT molecular complexity index is 508. The lowest BCUT2D eigenvalue weighted by atomic mass is 10.1. The number of carbonyl (C=O) groups is 1. The maximum Gasteiger partial charge on any atom is 0.408 e. The second-order valence-corrected chi connectivity index (χ2v) is 9.20. The quantitative estimate of drug-likeness (QED) is 0.870. The SMILES string of the molecule is CC[C@@H](NC(=O)OC(C)(C)C)c1cncn1CC1CSCCS1. The zero-order valence-electron chi connectivity index (χ0n) is 14.4. The van der Waals surface area contributed by atoms with Gasteiger partial charge in [0.15, 0.2) is 0 Å². The predicted molar refractivity (Wildman–Crippen MR) is 98.2 cm³/mol. The van der Waals surface area contributed by atoms with Crippen LogP contribution in [0, 0.1) is 0 Å². The van der Waals surface area contributed by atoms with Crippen molar-refractivity contribution in [2.45, 2.75) is 57.6 Å². The van der Waals surface area contributed by atoms with E-state index in [1.165, 1.54) is 17.3 Å². The second kappa shape index (κ2) is 8.33. The zero-order valence-corrected chi connectivity index (χ0v) is 16.0. The fourth-order valence-corrected chi connectivity index (χ4v) is 5.13. The number of thioether (sulfide) groups is 2. The molecule has 0 aliphatic carbocycles. The normalized spacial score (nSPS) is 20.1. The summed E-state index contributed by atoms with van der Waals surface area (Å²) < 4.78 is 7.55. The molecule has 5 nitrogen and oxygen atoms in total. The molecule has 1 amide bonds. The Labute approximate surface area is 147 Å². The van der Waals surface area contributed by atoms with Crippen molar-refractivity contribution in [1.82, 2.24) is 14.9 Å². The number of carbonyl (C=O) groups excluding carboxylic acids is 1. The summed E-state index contributed by atoms with van der Waals surface area (Å²) in [5.41, 5.74) is 0.563. The number of imidazole rings is 1. The number of ether oxygens (including phenoxy) is 1. The molecule has 7 heteroatoms. The summed E-state index contributed by atoms with van der Waals surface area (Å²) in [4.78, 5) is 16.3. The molecule has 1 aromatic rings. The van der Waals surface area contributed by atoms with Crippen molar-refractivity contribution in [3.05, 3.63) is 18.2 Å². The molecule has 0 aromatic carbocycles. The first-order valence-electron chi connectivity index (χ1n) is 8.08. The fourth-order valence-electron chi connectivity index (χ4n) is 2.47. The number of hydrogen-bond acceptors (Lipinski definition) is 5. The summed E-state index contributed by atoms with van der Waals surface area (Å²) in [6.45, 7) is 8.62. The van der Waals surface area contributed by atoms with E-state index in [1.807, 2.05) is 56.8 Å². The van der Waals surface area contributed by atoms with Crippen LogP contribution in [0.2, 0.25) is 0 Å². The van der Waals surface area contributed by atoms with E-state index in [1.54, 1.807) is 0 Å². The molecule has 0 spiro atoms. The monoisotopic (exact) mass is 357 g/mol. The Morgan fingerprint density at radius 3 is 2.91 bits per heavy atom. The Morgan fingerprint density at radius 2 is 2.30 bits per heavy atom. The van der Waals surface area contributed by atoms with E-state index in [0.29, 0.717) is 5.25 Å². The average Bonchev–Trinajstić information content (AvgIpc) is 2.92. The number of alkyl carbamates (subject to hydrolysis) is 1. The molecule has 2 atom stereocenters. The predicted octanol–water partition coefficient (Wildman–Crippen LogP) is 3.71. The van der Waals surface area contributed by atoms with Crippen molar-refractivity contribution in [3.8, 4) is 0 Å². The van der Waals surface area contributed by atoms with Crippen LogP contribution < -0.4 is 5.32 Å². The highest BCUT2D eigenvalue weighted by Crippen LogP contribution is 2.27. The molecule has 2 rings (SSSR count). The van der Waals surface area contributed by atoms with Crippen LogP contribution in [0.4, 0.5) is 4.79 Å². The lowest BCUT2D eigenvalue weighted by Gasteiger charge is -2.25. The molecule has 130 valence electrons. The number of nitrogens with zero attached hydrogens (tertiary/aromatic N) is 2. The van der Waals surface area contributed by atoms with E-state index in [0.717, 1.165) is 18.7 Å². The van der Waals surface area contributed by atoms with Gasteiger partial charge in [0.1, 0.15) is 5.60 Å². The van der Waals surface area contributed by atoms with Crippen LogP contribution in [0.5, 0.6) is 0 Å². The van der Waals surface area contributed by atoms with Gasteiger partial charge >= 0.3 is 6.09 Å². The van der Waals surface area contributed by atoms with E-state index in [9.17, 15) is 4.79 Å².